The zero-order valence-electron chi connectivity index (χ0n) is 10.1. The van der Waals surface area contributed by atoms with Crippen LogP contribution in [0, 0.1) is 5.92 Å². The first-order valence-electron chi connectivity index (χ1n) is 6.13. The molecule has 1 aromatic rings. The van der Waals surface area contributed by atoms with Crippen LogP contribution < -0.4 is 0 Å². The Balaban J connectivity index is 2.02. The second-order valence-electron chi connectivity index (χ2n) is 4.87. The van der Waals surface area contributed by atoms with Crippen molar-refractivity contribution < 1.29 is 4.74 Å². The Morgan fingerprint density at radius 2 is 2.00 bits per heavy atom. The highest BCUT2D eigenvalue weighted by molar-refractivity contribution is 5.19. The third-order valence-corrected chi connectivity index (χ3v) is 2.92. The van der Waals surface area contributed by atoms with Crippen molar-refractivity contribution in [1.82, 2.24) is 0 Å². The van der Waals surface area contributed by atoms with Gasteiger partial charge in [-0.1, -0.05) is 56.3 Å². The van der Waals surface area contributed by atoms with Crippen LogP contribution in [0.25, 0.3) is 0 Å². The van der Waals surface area contributed by atoms with E-state index in [1.165, 1.54) is 5.56 Å². The van der Waals surface area contributed by atoms with Gasteiger partial charge in [-0.2, -0.15) is 0 Å². The lowest BCUT2D eigenvalue weighted by molar-refractivity contribution is -0.00457. The van der Waals surface area contributed by atoms with Crippen molar-refractivity contribution in [2.75, 3.05) is 0 Å². The van der Waals surface area contributed by atoms with Gasteiger partial charge >= 0.3 is 0 Å². The minimum atomic E-state index is 0.245. The Hall–Kier alpha value is -1.08. The minimum absolute atomic E-state index is 0.245. The summed E-state index contributed by atoms with van der Waals surface area (Å²) in [5, 5.41) is 0. The highest BCUT2D eigenvalue weighted by atomic mass is 16.5. The topological polar surface area (TPSA) is 9.23 Å². The lowest BCUT2D eigenvalue weighted by Crippen LogP contribution is -2.20. The molecule has 1 aliphatic heterocycles. The average Bonchev–Trinajstić information content (AvgIpc) is 2.30. The molecule has 1 aliphatic rings. The van der Waals surface area contributed by atoms with Crippen LogP contribution in [0.15, 0.2) is 42.5 Å². The number of rotatable bonds is 3. The van der Waals surface area contributed by atoms with Crippen LogP contribution in [0.1, 0.15) is 38.4 Å². The number of benzene rings is 1. The zero-order valence-corrected chi connectivity index (χ0v) is 10.1. The fourth-order valence-electron chi connectivity index (χ4n) is 2.15. The molecule has 0 radical (unpaired) electrons. The first kappa shape index (κ1) is 11.4. The molecule has 16 heavy (non-hydrogen) atoms. The average molecular weight is 216 g/mol. The van der Waals surface area contributed by atoms with Crippen LogP contribution in [0.3, 0.4) is 0 Å². The van der Waals surface area contributed by atoms with E-state index >= 15 is 0 Å². The molecule has 0 aromatic heterocycles. The zero-order chi connectivity index (χ0) is 11.4. The van der Waals surface area contributed by atoms with Crippen molar-refractivity contribution in [3.8, 4) is 0 Å². The highest BCUT2D eigenvalue weighted by Crippen LogP contribution is 2.29. The van der Waals surface area contributed by atoms with E-state index in [0.29, 0.717) is 12.0 Å². The number of hydrogen-bond acceptors (Lipinski definition) is 1. The summed E-state index contributed by atoms with van der Waals surface area (Å²) < 4.78 is 6.10. The van der Waals surface area contributed by atoms with E-state index in [4.69, 9.17) is 4.74 Å². The Morgan fingerprint density at radius 3 is 2.69 bits per heavy atom. The normalized spacial score (nSPS) is 24.9. The lowest BCUT2D eigenvalue weighted by atomic mass is 9.99. The Kier molecular flexibility index (Phi) is 3.79. The second kappa shape index (κ2) is 5.31. The monoisotopic (exact) mass is 216 g/mol. The molecule has 1 heterocycles. The van der Waals surface area contributed by atoms with Crippen molar-refractivity contribution in [3.63, 3.8) is 0 Å². The van der Waals surface area contributed by atoms with Crippen molar-refractivity contribution in [1.29, 1.82) is 0 Å². The summed E-state index contributed by atoms with van der Waals surface area (Å²) in [5.74, 6) is 0.684. The molecule has 0 N–H and O–H groups in total. The molecule has 1 aromatic carbocycles. The van der Waals surface area contributed by atoms with Crippen LogP contribution in [0.4, 0.5) is 0 Å². The predicted octanol–water partition coefficient (Wildman–Crippen LogP) is 4.12. The van der Waals surface area contributed by atoms with Gasteiger partial charge in [0.1, 0.15) is 0 Å². The first-order chi connectivity index (χ1) is 7.75. The van der Waals surface area contributed by atoms with Gasteiger partial charge in [-0.15, -0.1) is 0 Å². The van der Waals surface area contributed by atoms with Crippen molar-refractivity contribution >= 4 is 0 Å². The van der Waals surface area contributed by atoms with Crippen LogP contribution >= 0.6 is 0 Å². The number of hydrogen-bond donors (Lipinski definition) is 0. The van der Waals surface area contributed by atoms with Gasteiger partial charge < -0.3 is 4.74 Å². The molecule has 0 bridgehead atoms. The highest BCUT2D eigenvalue weighted by Gasteiger charge is 2.19. The summed E-state index contributed by atoms with van der Waals surface area (Å²) in [6, 6.07) is 10.5. The summed E-state index contributed by atoms with van der Waals surface area (Å²) >= 11 is 0. The fourth-order valence-corrected chi connectivity index (χ4v) is 2.15. The van der Waals surface area contributed by atoms with Crippen LogP contribution in [-0.2, 0) is 4.74 Å². The predicted molar refractivity (Wildman–Crippen MR) is 67.3 cm³/mol. The fraction of sp³-hybridized carbons (Fsp3) is 0.467. The summed E-state index contributed by atoms with van der Waals surface area (Å²) in [6.45, 7) is 4.48. The quantitative estimate of drug-likeness (QED) is 0.691. The van der Waals surface area contributed by atoms with Gasteiger partial charge in [0.15, 0.2) is 0 Å². The maximum atomic E-state index is 6.10. The summed E-state index contributed by atoms with van der Waals surface area (Å²) in [6.07, 6.45) is 7.11. The molecular weight excluding hydrogens is 196 g/mol. The smallest absolute Gasteiger partial charge is 0.0867 e. The van der Waals surface area contributed by atoms with Crippen molar-refractivity contribution in [3.05, 3.63) is 48.0 Å². The van der Waals surface area contributed by atoms with Gasteiger partial charge in [0.05, 0.1) is 12.2 Å². The molecule has 0 fully saturated rings. The van der Waals surface area contributed by atoms with Gasteiger partial charge in [0, 0.05) is 0 Å². The molecule has 1 nitrogen and oxygen atoms in total. The molecule has 0 saturated carbocycles. The molecule has 0 aliphatic carbocycles. The number of ether oxygens (including phenoxy) is 1. The van der Waals surface area contributed by atoms with E-state index in [-0.39, 0.29) is 6.10 Å². The third-order valence-electron chi connectivity index (χ3n) is 2.92. The second-order valence-corrected chi connectivity index (χ2v) is 4.87. The molecule has 1 heteroatoms. The van der Waals surface area contributed by atoms with E-state index in [2.05, 4.69) is 50.3 Å². The van der Waals surface area contributed by atoms with E-state index < -0.39 is 0 Å². The van der Waals surface area contributed by atoms with Crippen LogP contribution in [0.5, 0.6) is 0 Å². The minimum Gasteiger partial charge on any atom is -0.366 e. The molecule has 86 valence electrons. The SMILES string of the molecule is CC(C)C[C@H]1C=CC[C@H](c2ccccc2)O1. The summed E-state index contributed by atoms with van der Waals surface area (Å²) in [7, 11) is 0. The van der Waals surface area contributed by atoms with Gasteiger partial charge in [-0.05, 0) is 24.3 Å². The van der Waals surface area contributed by atoms with Gasteiger partial charge in [0.25, 0.3) is 0 Å². The Labute approximate surface area is 98.1 Å². The van der Waals surface area contributed by atoms with Gasteiger partial charge in [0.2, 0.25) is 0 Å². The maximum Gasteiger partial charge on any atom is 0.0867 e. The molecule has 2 atom stereocenters. The largest absolute Gasteiger partial charge is 0.366 e. The van der Waals surface area contributed by atoms with Crippen molar-refractivity contribution in [2.24, 2.45) is 5.92 Å². The molecule has 0 amide bonds. The lowest BCUT2D eigenvalue weighted by Gasteiger charge is -2.27. The van der Waals surface area contributed by atoms with Crippen LogP contribution in [0.2, 0.25) is 0 Å². The molecule has 2 rings (SSSR count). The van der Waals surface area contributed by atoms with E-state index in [0.717, 1.165) is 12.8 Å². The van der Waals surface area contributed by atoms with E-state index in [9.17, 15) is 0 Å². The van der Waals surface area contributed by atoms with Crippen molar-refractivity contribution in [2.45, 2.75) is 38.9 Å². The Morgan fingerprint density at radius 1 is 1.25 bits per heavy atom. The Bertz CT molecular complexity index is 340. The van der Waals surface area contributed by atoms with Gasteiger partial charge in [-0.3, -0.25) is 0 Å². The van der Waals surface area contributed by atoms with Gasteiger partial charge in [-0.25, -0.2) is 0 Å². The first-order valence-corrected chi connectivity index (χ1v) is 6.13. The third kappa shape index (κ3) is 2.96. The maximum absolute atomic E-state index is 6.10. The molecule has 0 saturated heterocycles. The summed E-state index contributed by atoms with van der Waals surface area (Å²) in [4.78, 5) is 0. The molecular formula is C15H20O. The van der Waals surface area contributed by atoms with Crippen LogP contribution in [-0.4, -0.2) is 6.10 Å². The standard InChI is InChI=1S/C15H20O/c1-12(2)11-14-9-6-10-15(16-14)13-7-4-3-5-8-13/h3-9,12,14-15H,10-11H2,1-2H3/t14-,15-/m1/s1. The van der Waals surface area contributed by atoms with E-state index in [1.807, 2.05) is 6.07 Å². The molecule has 0 spiro atoms. The summed E-state index contributed by atoms with van der Waals surface area (Å²) in [5.41, 5.74) is 1.29. The molecule has 0 unspecified atom stereocenters. The van der Waals surface area contributed by atoms with E-state index in [1.54, 1.807) is 0 Å².